The van der Waals surface area contributed by atoms with E-state index in [1.165, 1.54) is 18.2 Å². The van der Waals surface area contributed by atoms with Gasteiger partial charge in [-0.1, -0.05) is 35.5 Å². The summed E-state index contributed by atoms with van der Waals surface area (Å²) in [5, 5.41) is 26.1. The largest absolute Gasteiger partial charge is 0.410 e. The summed E-state index contributed by atoms with van der Waals surface area (Å²) >= 11 is 0. The van der Waals surface area contributed by atoms with Crippen molar-refractivity contribution in [3.63, 3.8) is 0 Å². The molecule has 0 heterocycles. The number of nitro benzene ring substituents is 1. The second-order valence-corrected chi connectivity index (χ2v) is 4.55. The lowest BCUT2D eigenvalue weighted by Gasteiger charge is -2.12. The number of nitro groups is 1. The Kier molecular flexibility index (Phi) is 6.84. The molecule has 9 heteroatoms. The van der Waals surface area contributed by atoms with Crippen LogP contribution in [0.2, 0.25) is 0 Å². The van der Waals surface area contributed by atoms with Crippen molar-refractivity contribution in [2.24, 2.45) is 10.9 Å². The van der Waals surface area contributed by atoms with E-state index >= 15 is 0 Å². The summed E-state index contributed by atoms with van der Waals surface area (Å²) in [4.78, 5) is 21.9. The summed E-state index contributed by atoms with van der Waals surface area (Å²) in [6.45, 7) is -0.243. The third-order valence-corrected chi connectivity index (χ3v) is 3.08. The Morgan fingerprint density at radius 2 is 1.92 bits per heavy atom. The number of benzene rings is 2. The van der Waals surface area contributed by atoms with Crippen LogP contribution in [0.25, 0.3) is 0 Å². The van der Waals surface area contributed by atoms with Crippen LogP contribution >= 0.6 is 12.4 Å². The lowest BCUT2D eigenvalue weighted by molar-refractivity contribution is -0.384. The first-order chi connectivity index (χ1) is 11.1. The van der Waals surface area contributed by atoms with Crippen molar-refractivity contribution in [3.05, 3.63) is 69.8 Å². The fourth-order valence-electron chi connectivity index (χ4n) is 2.02. The molecular formula is C15H15ClN4O4. The van der Waals surface area contributed by atoms with E-state index in [-0.39, 0.29) is 41.6 Å². The van der Waals surface area contributed by atoms with Crippen molar-refractivity contribution >= 4 is 35.4 Å². The Hall–Kier alpha value is -2.97. The van der Waals surface area contributed by atoms with Crippen LogP contribution in [-0.4, -0.2) is 28.3 Å². The number of nitrogens with two attached hydrogens (primary N) is 1. The maximum atomic E-state index is 11.5. The number of non-ortho nitro benzene ring substituents is 1. The third-order valence-electron chi connectivity index (χ3n) is 3.08. The highest BCUT2D eigenvalue weighted by atomic mass is 35.5. The number of carbonyl (C=O) groups excluding carboxylic acids is 1. The van der Waals surface area contributed by atoms with Crippen LogP contribution in [0.5, 0.6) is 0 Å². The fourth-order valence-corrected chi connectivity index (χ4v) is 2.02. The number of amides is 1. The Morgan fingerprint density at radius 3 is 2.46 bits per heavy atom. The van der Waals surface area contributed by atoms with E-state index in [2.05, 4.69) is 10.5 Å². The molecule has 24 heavy (non-hydrogen) atoms. The molecule has 0 bridgehead atoms. The van der Waals surface area contributed by atoms with Gasteiger partial charge in [0.15, 0.2) is 0 Å². The van der Waals surface area contributed by atoms with Gasteiger partial charge >= 0.3 is 0 Å². The zero-order valence-electron chi connectivity index (χ0n) is 12.4. The van der Waals surface area contributed by atoms with E-state index in [0.717, 1.165) is 0 Å². The van der Waals surface area contributed by atoms with Crippen molar-refractivity contribution in [1.29, 1.82) is 0 Å². The number of nitrogens with one attached hydrogen (secondary N) is 1. The predicted molar refractivity (Wildman–Crippen MR) is 91.9 cm³/mol. The topological polar surface area (TPSA) is 131 Å². The average Bonchev–Trinajstić information content (AvgIpc) is 2.57. The van der Waals surface area contributed by atoms with Gasteiger partial charge in [-0.15, -0.1) is 12.4 Å². The minimum absolute atomic E-state index is 0. The van der Waals surface area contributed by atoms with E-state index in [0.29, 0.717) is 5.56 Å². The third kappa shape index (κ3) is 4.28. The summed E-state index contributed by atoms with van der Waals surface area (Å²) < 4.78 is 0. The molecular weight excluding hydrogens is 336 g/mol. The summed E-state index contributed by atoms with van der Waals surface area (Å²) in [6.07, 6.45) is 0. The van der Waals surface area contributed by atoms with Gasteiger partial charge in [0.2, 0.25) is 5.91 Å². The number of hydrogen-bond acceptors (Lipinski definition) is 6. The maximum absolute atomic E-state index is 11.5. The Balaban J connectivity index is 0.00000288. The highest BCUT2D eigenvalue weighted by molar-refractivity contribution is 6.17. The minimum atomic E-state index is -0.571. The second kappa shape index (κ2) is 8.61. The fraction of sp³-hybridized carbons (Fsp3) is 0.0667. The molecule has 2 aromatic carbocycles. The van der Waals surface area contributed by atoms with E-state index in [1.807, 2.05) is 0 Å². The molecule has 0 saturated carbocycles. The number of anilines is 1. The second-order valence-electron chi connectivity index (χ2n) is 4.55. The van der Waals surface area contributed by atoms with E-state index in [1.54, 1.807) is 30.3 Å². The minimum Gasteiger partial charge on any atom is -0.410 e. The zero-order chi connectivity index (χ0) is 16.8. The normalized spacial score (nSPS) is 10.6. The lowest BCUT2D eigenvalue weighted by atomic mass is 10.00. The van der Waals surface area contributed by atoms with Gasteiger partial charge in [-0.05, 0) is 6.07 Å². The summed E-state index contributed by atoms with van der Waals surface area (Å²) in [5.74, 6) is -0.467. The Labute approximate surface area is 143 Å². The molecule has 1 amide bonds. The van der Waals surface area contributed by atoms with Gasteiger partial charge in [0.1, 0.15) is 5.71 Å². The van der Waals surface area contributed by atoms with Crippen molar-refractivity contribution in [3.8, 4) is 0 Å². The number of carbonyl (C=O) groups is 1. The molecule has 126 valence electrons. The summed E-state index contributed by atoms with van der Waals surface area (Å²) in [7, 11) is 0. The number of hydrogen-bond donors (Lipinski definition) is 3. The first-order valence-corrected chi connectivity index (χ1v) is 6.63. The standard InChI is InChI=1S/C15H14N4O4.ClH/c16-9-14(20)17-13-7-6-11(19(22)23)8-12(13)15(18-21)10-4-2-1-3-5-10;/h1-8,21H,9,16H2,(H,17,20);1H. The molecule has 2 rings (SSSR count). The van der Waals surface area contributed by atoms with Gasteiger partial charge in [0, 0.05) is 23.3 Å². The molecule has 8 nitrogen and oxygen atoms in total. The van der Waals surface area contributed by atoms with E-state index < -0.39 is 10.8 Å². The van der Waals surface area contributed by atoms with E-state index in [4.69, 9.17) is 5.73 Å². The molecule has 0 unspecified atom stereocenters. The monoisotopic (exact) mass is 350 g/mol. The maximum Gasteiger partial charge on any atom is 0.270 e. The molecule has 0 fully saturated rings. The quantitative estimate of drug-likeness (QED) is 0.329. The highest BCUT2D eigenvalue weighted by Gasteiger charge is 2.18. The van der Waals surface area contributed by atoms with Crippen molar-refractivity contribution < 1.29 is 14.9 Å². The molecule has 4 N–H and O–H groups in total. The molecule has 0 radical (unpaired) electrons. The van der Waals surface area contributed by atoms with Crippen LogP contribution in [0.1, 0.15) is 11.1 Å². The van der Waals surface area contributed by atoms with Gasteiger partial charge in [0.25, 0.3) is 5.69 Å². The van der Waals surface area contributed by atoms with Crippen LogP contribution in [0.4, 0.5) is 11.4 Å². The van der Waals surface area contributed by atoms with Crippen molar-refractivity contribution in [1.82, 2.24) is 0 Å². The van der Waals surface area contributed by atoms with Gasteiger partial charge in [-0.25, -0.2) is 0 Å². The molecule has 0 aliphatic heterocycles. The molecule has 0 spiro atoms. The van der Waals surface area contributed by atoms with Crippen molar-refractivity contribution in [2.45, 2.75) is 0 Å². The predicted octanol–water partition coefficient (Wildman–Crippen LogP) is 2.14. The molecule has 0 aliphatic carbocycles. The first-order valence-electron chi connectivity index (χ1n) is 6.63. The Bertz CT molecular complexity index is 765. The molecule has 0 saturated heterocycles. The number of oxime groups is 1. The summed E-state index contributed by atoms with van der Waals surface area (Å²) in [5.41, 5.74) is 6.20. The van der Waals surface area contributed by atoms with Crippen LogP contribution in [0, 0.1) is 10.1 Å². The van der Waals surface area contributed by atoms with Gasteiger partial charge in [-0.2, -0.15) is 0 Å². The van der Waals surface area contributed by atoms with Gasteiger partial charge < -0.3 is 16.3 Å². The average molecular weight is 351 g/mol. The number of halogens is 1. The van der Waals surface area contributed by atoms with E-state index in [9.17, 15) is 20.1 Å². The molecule has 2 aromatic rings. The van der Waals surface area contributed by atoms with Crippen LogP contribution in [0.15, 0.2) is 53.7 Å². The molecule has 0 aromatic heterocycles. The van der Waals surface area contributed by atoms with Crippen molar-refractivity contribution in [2.75, 3.05) is 11.9 Å². The van der Waals surface area contributed by atoms with Crippen LogP contribution < -0.4 is 11.1 Å². The Morgan fingerprint density at radius 1 is 1.25 bits per heavy atom. The SMILES string of the molecule is Cl.NCC(=O)Nc1ccc([N+](=O)[O-])cc1C(=NO)c1ccccc1. The lowest BCUT2D eigenvalue weighted by Crippen LogP contribution is -2.23. The zero-order valence-corrected chi connectivity index (χ0v) is 13.2. The highest BCUT2D eigenvalue weighted by Crippen LogP contribution is 2.25. The molecule has 0 atom stereocenters. The molecule has 0 aliphatic rings. The smallest absolute Gasteiger partial charge is 0.270 e. The van der Waals surface area contributed by atoms with Crippen LogP contribution in [0.3, 0.4) is 0 Å². The number of nitrogens with zero attached hydrogens (tertiary/aromatic N) is 2. The first kappa shape index (κ1) is 19.1. The van der Waals surface area contributed by atoms with Gasteiger partial charge in [0.05, 0.1) is 17.2 Å². The summed E-state index contributed by atoms with van der Waals surface area (Å²) in [6, 6.07) is 12.5. The van der Waals surface area contributed by atoms with Crippen LogP contribution in [-0.2, 0) is 4.79 Å². The number of rotatable bonds is 5. The van der Waals surface area contributed by atoms with Gasteiger partial charge in [-0.3, -0.25) is 14.9 Å².